The molecule has 0 unspecified atom stereocenters. The van der Waals surface area contributed by atoms with E-state index >= 15 is 0 Å². The molecular formula is C15H16N6O. The second-order valence-corrected chi connectivity index (χ2v) is 4.78. The first-order valence-corrected chi connectivity index (χ1v) is 6.99. The van der Waals surface area contributed by atoms with Gasteiger partial charge in [0.1, 0.15) is 5.52 Å². The van der Waals surface area contributed by atoms with Gasteiger partial charge in [0.2, 0.25) is 5.95 Å². The summed E-state index contributed by atoms with van der Waals surface area (Å²) in [5, 5.41) is 2.81. The van der Waals surface area contributed by atoms with E-state index in [9.17, 15) is 4.79 Å². The summed E-state index contributed by atoms with van der Waals surface area (Å²) in [6.07, 6.45) is 3.22. The molecule has 22 heavy (non-hydrogen) atoms. The van der Waals surface area contributed by atoms with Gasteiger partial charge in [0.15, 0.2) is 5.65 Å². The number of nitrogens with one attached hydrogen (secondary N) is 1. The fraction of sp³-hybridized carbons (Fsp3) is 0.200. The van der Waals surface area contributed by atoms with Crippen molar-refractivity contribution >= 4 is 23.0 Å². The van der Waals surface area contributed by atoms with Crippen molar-refractivity contribution in [2.45, 2.75) is 20.0 Å². The SMILES string of the molecule is CCn1c(N)nc2cc(C(=O)NCc3ccccn3)cnc21. The van der Waals surface area contributed by atoms with Crippen molar-refractivity contribution in [2.75, 3.05) is 5.73 Å². The summed E-state index contributed by atoms with van der Waals surface area (Å²) in [6.45, 7) is 3.01. The molecule has 0 bridgehead atoms. The number of aromatic nitrogens is 4. The second-order valence-electron chi connectivity index (χ2n) is 4.78. The van der Waals surface area contributed by atoms with Crippen molar-refractivity contribution in [3.8, 4) is 0 Å². The van der Waals surface area contributed by atoms with Crippen LogP contribution in [0.15, 0.2) is 36.7 Å². The number of nitrogens with two attached hydrogens (primary N) is 1. The lowest BCUT2D eigenvalue weighted by Crippen LogP contribution is -2.23. The van der Waals surface area contributed by atoms with Crippen molar-refractivity contribution in [3.63, 3.8) is 0 Å². The Morgan fingerprint density at radius 3 is 2.95 bits per heavy atom. The van der Waals surface area contributed by atoms with E-state index in [1.165, 1.54) is 6.20 Å². The number of carbonyl (C=O) groups excluding carboxylic acids is 1. The van der Waals surface area contributed by atoms with E-state index in [1.807, 2.05) is 25.1 Å². The van der Waals surface area contributed by atoms with Crippen LogP contribution in [0.4, 0.5) is 5.95 Å². The average Bonchev–Trinajstić information content (AvgIpc) is 2.87. The zero-order chi connectivity index (χ0) is 15.5. The Bertz CT molecular complexity index is 812. The Labute approximate surface area is 127 Å². The van der Waals surface area contributed by atoms with E-state index in [1.54, 1.807) is 16.8 Å². The fourth-order valence-electron chi connectivity index (χ4n) is 2.24. The molecule has 112 valence electrons. The summed E-state index contributed by atoms with van der Waals surface area (Å²) in [7, 11) is 0. The molecule has 7 heteroatoms. The predicted octanol–water partition coefficient (Wildman–Crippen LogP) is 1.36. The number of hydrogen-bond acceptors (Lipinski definition) is 5. The summed E-state index contributed by atoms with van der Waals surface area (Å²) < 4.78 is 1.80. The van der Waals surface area contributed by atoms with Gasteiger partial charge in [0, 0.05) is 18.9 Å². The smallest absolute Gasteiger partial charge is 0.253 e. The monoisotopic (exact) mass is 296 g/mol. The van der Waals surface area contributed by atoms with E-state index in [0.29, 0.717) is 35.8 Å². The fourth-order valence-corrected chi connectivity index (χ4v) is 2.24. The number of amides is 1. The number of pyridine rings is 2. The highest BCUT2D eigenvalue weighted by atomic mass is 16.1. The third kappa shape index (κ3) is 2.60. The summed E-state index contributed by atoms with van der Waals surface area (Å²) in [5.41, 5.74) is 8.37. The first kappa shape index (κ1) is 14.0. The minimum Gasteiger partial charge on any atom is -0.369 e. The quantitative estimate of drug-likeness (QED) is 0.757. The number of nitrogen functional groups attached to an aromatic ring is 1. The zero-order valence-electron chi connectivity index (χ0n) is 12.2. The molecule has 0 saturated heterocycles. The van der Waals surface area contributed by atoms with E-state index in [4.69, 9.17) is 5.73 Å². The highest BCUT2D eigenvalue weighted by molar-refractivity contribution is 5.96. The van der Waals surface area contributed by atoms with Gasteiger partial charge in [-0.15, -0.1) is 0 Å². The number of hydrogen-bond donors (Lipinski definition) is 2. The van der Waals surface area contributed by atoms with Gasteiger partial charge >= 0.3 is 0 Å². The molecule has 3 aromatic rings. The number of imidazole rings is 1. The van der Waals surface area contributed by atoms with Crippen LogP contribution in [0.25, 0.3) is 11.2 Å². The molecule has 3 heterocycles. The van der Waals surface area contributed by atoms with Crippen LogP contribution < -0.4 is 11.1 Å². The Kier molecular flexibility index (Phi) is 3.69. The molecule has 0 radical (unpaired) electrons. The van der Waals surface area contributed by atoms with Crippen LogP contribution >= 0.6 is 0 Å². The van der Waals surface area contributed by atoms with Gasteiger partial charge in [0.05, 0.1) is 17.8 Å². The van der Waals surface area contributed by atoms with Crippen molar-refractivity contribution in [1.82, 2.24) is 24.8 Å². The highest BCUT2D eigenvalue weighted by Crippen LogP contribution is 2.16. The van der Waals surface area contributed by atoms with E-state index in [2.05, 4.69) is 20.3 Å². The summed E-state index contributed by atoms with van der Waals surface area (Å²) >= 11 is 0. The number of carbonyl (C=O) groups is 1. The summed E-state index contributed by atoms with van der Waals surface area (Å²) in [6, 6.07) is 7.25. The van der Waals surface area contributed by atoms with Crippen molar-refractivity contribution < 1.29 is 4.79 Å². The highest BCUT2D eigenvalue weighted by Gasteiger charge is 2.12. The van der Waals surface area contributed by atoms with Gasteiger partial charge in [-0.2, -0.15) is 0 Å². The molecule has 3 N–H and O–H groups in total. The number of fused-ring (bicyclic) bond motifs is 1. The summed E-state index contributed by atoms with van der Waals surface area (Å²) in [5.74, 6) is 0.181. The number of nitrogens with zero attached hydrogens (tertiary/aromatic N) is 4. The van der Waals surface area contributed by atoms with Gasteiger partial charge in [-0.25, -0.2) is 9.97 Å². The molecule has 0 aromatic carbocycles. The van der Waals surface area contributed by atoms with E-state index in [0.717, 1.165) is 5.69 Å². The molecule has 0 aliphatic heterocycles. The van der Waals surface area contributed by atoms with Crippen molar-refractivity contribution in [2.24, 2.45) is 0 Å². The van der Waals surface area contributed by atoms with Crippen molar-refractivity contribution in [3.05, 3.63) is 47.9 Å². The Hall–Kier alpha value is -2.96. The first-order chi connectivity index (χ1) is 10.7. The Morgan fingerprint density at radius 1 is 1.36 bits per heavy atom. The van der Waals surface area contributed by atoms with Gasteiger partial charge in [0.25, 0.3) is 5.91 Å². The van der Waals surface area contributed by atoms with Crippen LogP contribution in [-0.4, -0.2) is 25.4 Å². The van der Waals surface area contributed by atoms with Crippen LogP contribution in [0.1, 0.15) is 23.0 Å². The van der Waals surface area contributed by atoms with Gasteiger partial charge in [-0.1, -0.05) is 6.07 Å². The molecular weight excluding hydrogens is 280 g/mol. The predicted molar refractivity (Wildman–Crippen MR) is 83.0 cm³/mol. The third-order valence-corrected chi connectivity index (χ3v) is 3.35. The van der Waals surface area contributed by atoms with E-state index < -0.39 is 0 Å². The summed E-state index contributed by atoms with van der Waals surface area (Å²) in [4.78, 5) is 24.9. The lowest BCUT2D eigenvalue weighted by Gasteiger charge is -2.05. The third-order valence-electron chi connectivity index (χ3n) is 3.35. The lowest BCUT2D eigenvalue weighted by molar-refractivity contribution is 0.0950. The molecule has 0 aliphatic rings. The zero-order valence-corrected chi connectivity index (χ0v) is 12.2. The first-order valence-electron chi connectivity index (χ1n) is 6.99. The maximum absolute atomic E-state index is 12.2. The number of anilines is 1. The Morgan fingerprint density at radius 2 is 2.23 bits per heavy atom. The van der Waals surface area contributed by atoms with Crippen LogP contribution in [0, 0.1) is 0 Å². The minimum absolute atomic E-state index is 0.218. The maximum Gasteiger partial charge on any atom is 0.253 e. The average molecular weight is 296 g/mol. The van der Waals surface area contributed by atoms with Crippen LogP contribution in [0.5, 0.6) is 0 Å². The Balaban J connectivity index is 1.79. The van der Waals surface area contributed by atoms with Crippen LogP contribution in [0.2, 0.25) is 0 Å². The number of rotatable bonds is 4. The van der Waals surface area contributed by atoms with E-state index in [-0.39, 0.29) is 5.91 Å². The normalized spacial score (nSPS) is 10.8. The van der Waals surface area contributed by atoms with Gasteiger partial charge in [-0.05, 0) is 25.1 Å². The van der Waals surface area contributed by atoms with Crippen LogP contribution in [0.3, 0.4) is 0 Å². The van der Waals surface area contributed by atoms with Crippen LogP contribution in [-0.2, 0) is 13.1 Å². The molecule has 0 spiro atoms. The molecule has 3 rings (SSSR count). The molecule has 7 nitrogen and oxygen atoms in total. The number of aryl methyl sites for hydroxylation is 1. The molecule has 1 amide bonds. The van der Waals surface area contributed by atoms with Gasteiger partial charge < -0.3 is 11.1 Å². The molecule has 3 aromatic heterocycles. The molecule has 0 saturated carbocycles. The minimum atomic E-state index is -0.218. The van der Waals surface area contributed by atoms with Crippen molar-refractivity contribution in [1.29, 1.82) is 0 Å². The second kappa shape index (κ2) is 5.80. The topological polar surface area (TPSA) is 98.7 Å². The molecule has 0 aliphatic carbocycles. The maximum atomic E-state index is 12.2. The molecule has 0 atom stereocenters. The lowest BCUT2D eigenvalue weighted by atomic mass is 10.2. The standard InChI is InChI=1S/C15H16N6O/c1-2-21-13-12(20-15(21)16)7-10(8-18-13)14(22)19-9-11-5-3-4-6-17-11/h3-8H,2,9H2,1H3,(H2,16,20)(H,19,22). The van der Waals surface area contributed by atoms with Gasteiger partial charge in [-0.3, -0.25) is 14.3 Å². The largest absolute Gasteiger partial charge is 0.369 e. The molecule has 0 fully saturated rings.